The molecule has 0 fully saturated rings. The summed E-state index contributed by atoms with van der Waals surface area (Å²) in [7, 11) is 1.89. The molecule has 0 bridgehead atoms. The van der Waals surface area contributed by atoms with Crippen LogP contribution in [0.25, 0.3) is 11.4 Å². The van der Waals surface area contributed by atoms with Gasteiger partial charge in [-0.2, -0.15) is 0 Å². The first-order valence-corrected chi connectivity index (χ1v) is 7.34. The van der Waals surface area contributed by atoms with E-state index in [0.29, 0.717) is 5.92 Å². The second kappa shape index (κ2) is 6.27. The van der Waals surface area contributed by atoms with E-state index in [1.54, 1.807) is 12.4 Å². The zero-order chi connectivity index (χ0) is 13.8. The number of anilines is 1. The minimum atomic E-state index is 0.568. The molecule has 0 saturated heterocycles. The van der Waals surface area contributed by atoms with Crippen LogP contribution in [0, 0.1) is 9.49 Å². The molecule has 0 aliphatic carbocycles. The lowest BCUT2D eigenvalue weighted by Crippen LogP contribution is -2.07. The lowest BCUT2D eigenvalue weighted by molar-refractivity contribution is 0.632. The predicted molar refractivity (Wildman–Crippen MR) is 86.1 cm³/mol. The topological polar surface area (TPSA) is 50.7 Å². The highest BCUT2D eigenvalue weighted by Gasteiger charge is 2.13. The fourth-order valence-corrected chi connectivity index (χ4v) is 2.54. The molecule has 19 heavy (non-hydrogen) atoms. The van der Waals surface area contributed by atoms with E-state index < -0.39 is 0 Å². The Bertz CT molecular complexity index is 555. The van der Waals surface area contributed by atoms with Crippen LogP contribution in [-0.4, -0.2) is 22.0 Å². The average molecular weight is 368 g/mol. The molecule has 0 amide bonds. The van der Waals surface area contributed by atoms with Crippen LogP contribution in [0.2, 0.25) is 0 Å². The van der Waals surface area contributed by atoms with Gasteiger partial charge in [-0.3, -0.25) is 4.98 Å². The van der Waals surface area contributed by atoms with E-state index in [9.17, 15) is 0 Å². The Hall–Kier alpha value is -1.24. The normalized spacial score (nSPS) is 10.8. The Kier molecular flexibility index (Phi) is 4.68. The standard InChI is InChI=1S/C14H17IN4/c1-9(2)8-11-12(15)14(16-3)19-13(18-11)10-4-6-17-7-5-10/h4-7,9H,8H2,1-3H3,(H,16,18,19). The maximum atomic E-state index is 4.70. The van der Waals surface area contributed by atoms with Gasteiger partial charge in [-0.15, -0.1) is 0 Å². The zero-order valence-electron chi connectivity index (χ0n) is 11.3. The van der Waals surface area contributed by atoms with Crippen molar-refractivity contribution in [2.75, 3.05) is 12.4 Å². The van der Waals surface area contributed by atoms with Crippen molar-refractivity contribution in [1.29, 1.82) is 0 Å². The predicted octanol–water partition coefficient (Wildman–Crippen LogP) is 3.38. The first-order chi connectivity index (χ1) is 9.11. The number of nitrogens with zero attached hydrogens (tertiary/aromatic N) is 3. The highest BCUT2D eigenvalue weighted by atomic mass is 127. The Labute approximate surface area is 127 Å². The molecule has 0 saturated carbocycles. The number of nitrogens with one attached hydrogen (secondary N) is 1. The smallest absolute Gasteiger partial charge is 0.161 e. The molecule has 0 aliphatic heterocycles. The first kappa shape index (κ1) is 14.2. The Morgan fingerprint density at radius 1 is 1.21 bits per heavy atom. The van der Waals surface area contributed by atoms with Crippen molar-refractivity contribution in [1.82, 2.24) is 15.0 Å². The lowest BCUT2D eigenvalue weighted by Gasteiger charge is -2.12. The fourth-order valence-electron chi connectivity index (χ4n) is 1.81. The molecule has 4 nitrogen and oxygen atoms in total. The summed E-state index contributed by atoms with van der Waals surface area (Å²) < 4.78 is 1.10. The molecule has 100 valence electrons. The number of hydrogen-bond acceptors (Lipinski definition) is 4. The highest BCUT2D eigenvalue weighted by Crippen LogP contribution is 2.25. The van der Waals surface area contributed by atoms with Gasteiger partial charge in [-0.05, 0) is 47.1 Å². The Balaban J connectivity index is 2.51. The molecule has 0 aliphatic rings. The van der Waals surface area contributed by atoms with E-state index in [1.165, 1.54) is 0 Å². The molecule has 0 atom stereocenters. The molecule has 1 N–H and O–H groups in total. The maximum Gasteiger partial charge on any atom is 0.161 e. The van der Waals surface area contributed by atoms with E-state index >= 15 is 0 Å². The van der Waals surface area contributed by atoms with Gasteiger partial charge in [0.2, 0.25) is 0 Å². The van der Waals surface area contributed by atoms with Gasteiger partial charge in [0.1, 0.15) is 5.82 Å². The SMILES string of the molecule is CNc1nc(-c2ccncc2)nc(CC(C)C)c1I. The number of aromatic nitrogens is 3. The van der Waals surface area contributed by atoms with Crippen molar-refractivity contribution >= 4 is 28.4 Å². The number of pyridine rings is 1. The second-order valence-corrected chi connectivity index (χ2v) is 5.82. The molecule has 2 aromatic rings. The minimum absolute atomic E-state index is 0.568. The third kappa shape index (κ3) is 3.40. The summed E-state index contributed by atoms with van der Waals surface area (Å²) in [6, 6.07) is 3.86. The quantitative estimate of drug-likeness (QED) is 0.841. The van der Waals surface area contributed by atoms with E-state index in [-0.39, 0.29) is 0 Å². The van der Waals surface area contributed by atoms with E-state index in [2.05, 4.69) is 51.7 Å². The van der Waals surface area contributed by atoms with Gasteiger partial charge in [0.05, 0.1) is 9.26 Å². The summed E-state index contributed by atoms with van der Waals surface area (Å²) in [6.45, 7) is 4.40. The summed E-state index contributed by atoms with van der Waals surface area (Å²) >= 11 is 2.31. The van der Waals surface area contributed by atoms with Crippen molar-refractivity contribution in [3.05, 3.63) is 33.8 Å². The molecule has 2 heterocycles. The van der Waals surface area contributed by atoms with Gasteiger partial charge < -0.3 is 5.32 Å². The molecule has 0 unspecified atom stereocenters. The fraction of sp³-hybridized carbons (Fsp3) is 0.357. The maximum absolute atomic E-state index is 4.70. The van der Waals surface area contributed by atoms with Crippen LogP contribution < -0.4 is 5.32 Å². The van der Waals surface area contributed by atoms with Crippen LogP contribution in [-0.2, 0) is 6.42 Å². The summed E-state index contributed by atoms with van der Waals surface area (Å²) in [5.41, 5.74) is 2.09. The molecule has 5 heteroatoms. The van der Waals surface area contributed by atoms with Crippen molar-refractivity contribution < 1.29 is 0 Å². The molecular formula is C14H17IN4. The van der Waals surface area contributed by atoms with Gasteiger partial charge >= 0.3 is 0 Å². The summed E-state index contributed by atoms with van der Waals surface area (Å²) in [5.74, 6) is 2.21. The second-order valence-electron chi connectivity index (χ2n) is 4.74. The van der Waals surface area contributed by atoms with Crippen LogP contribution in [0.15, 0.2) is 24.5 Å². The number of hydrogen-bond donors (Lipinski definition) is 1. The largest absolute Gasteiger partial charge is 0.372 e. The zero-order valence-corrected chi connectivity index (χ0v) is 13.5. The van der Waals surface area contributed by atoms with Gasteiger partial charge in [0.15, 0.2) is 5.82 Å². The van der Waals surface area contributed by atoms with Crippen molar-refractivity contribution in [3.8, 4) is 11.4 Å². The van der Waals surface area contributed by atoms with E-state index in [1.807, 2.05) is 19.2 Å². The van der Waals surface area contributed by atoms with Crippen molar-refractivity contribution in [2.24, 2.45) is 5.92 Å². The third-order valence-electron chi connectivity index (χ3n) is 2.70. The minimum Gasteiger partial charge on any atom is -0.372 e. The van der Waals surface area contributed by atoms with Crippen LogP contribution >= 0.6 is 22.6 Å². The van der Waals surface area contributed by atoms with Crippen LogP contribution in [0.1, 0.15) is 19.5 Å². The number of rotatable bonds is 4. The summed E-state index contributed by atoms with van der Waals surface area (Å²) in [6.07, 6.45) is 4.48. The average Bonchev–Trinajstić information content (AvgIpc) is 2.41. The van der Waals surface area contributed by atoms with Gasteiger partial charge in [0, 0.05) is 25.0 Å². The van der Waals surface area contributed by atoms with Gasteiger partial charge in [-0.1, -0.05) is 13.8 Å². The Morgan fingerprint density at radius 3 is 2.47 bits per heavy atom. The van der Waals surface area contributed by atoms with E-state index in [4.69, 9.17) is 4.98 Å². The molecule has 0 aromatic carbocycles. The molecule has 2 rings (SSSR count). The molecule has 2 aromatic heterocycles. The number of halogens is 1. The lowest BCUT2D eigenvalue weighted by atomic mass is 10.1. The Morgan fingerprint density at radius 2 is 1.89 bits per heavy atom. The van der Waals surface area contributed by atoms with Crippen LogP contribution in [0.5, 0.6) is 0 Å². The highest BCUT2D eigenvalue weighted by molar-refractivity contribution is 14.1. The first-order valence-electron chi connectivity index (χ1n) is 6.26. The summed E-state index contributed by atoms with van der Waals surface area (Å²) in [4.78, 5) is 13.3. The monoisotopic (exact) mass is 368 g/mol. The van der Waals surface area contributed by atoms with Crippen molar-refractivity contribution in [3.63, 3.8) is 0 Å². The van der Waals surface area contributed by atoms with Gasteiger partial charge in [-0.25, -0.2) is 9.97 Å². The van der Waals surface area contributed by atoms with E-state index in [0.717, 1.165) is 32.9 Å². The third-order valence-corrected chi connectivity index (χ3v) is 3.83. The molecular weight excluding hydrogens is 351 g/mol. The van der Waals surface area contributed by atoms with Crippen LogP contribution in [0.3, 0.4) is 0 Å². The van der Waals surface area contributed by atoms with Crippen molar-refractivity contribution in [2.45, 2.75) is 20.3 Å². The molecule has 0 radical (unpaired) electrons. The summed E-state index contributed by atoms with van der Waals surface area (Å²) in [5, 5.41) is 3.14. The van der Waals surface area contributed by atoms with Gasteiger partial charge in [0.25, 0.3) is 0 Å². The molecule has 0 spiro atoms. The van der Waals surface area contributed by atoms with Crippen LogP contribution in [0.4, 0.5) is 5.82 Å².